The molecule has 1 N–H and O–H groups in total. The van der Waals surface area contributed by atoms with Gasteiger partial charge >= 0.3 is 0 Å². The lowest BCUT2D eigenvalue weighted by Crippen LogP contribution is -2.35. The molecule has 1 saturated carbocycles. The van der Waals surface area contributed by atoms with Crippen molar-refractivity contribution >= 4 is 29.0 Å². The van der Waals surface area contributed by atoms with E-state index in [4.69, 9.17) is 0 Å². The minimum atomic E-state index is -0.866. The smallest absolute Gasteiger partial charge is 0.247 e. The van der Waals surface area contributed by atoms with Gasteiger partial charge in [0.15, 0.2) is 0 Å². The van der Waals surface area contributed by atoms with E-state index in [1.165, 1.54) is 0 Å². The van der Waals surface area contributed by atoms with E-state index in [1.807, 2.05) is 38.1 Å². The third-order valence-corrected chi connectivity index (χ3v) is 6.28. The molecule has 0 spiro atoms. The Labute approximate surface area is 182 Å². The van der Waals surface area contributed by atoms with E-state index in [0.717, 1.165) is 24.2 Å². The molecular formula is C24H27N5O2. The van der Waals surface area contributed by atoms with E-state index < -0.39 is 5.41 Å². The second-order valence-corrected chi connectivity index (χ2v) is 9.26. The summed E-state index contributed by atoms with van der Waals surface area (Å²) >= 11 is 0. The van der Waals surface area contributed by atoms with Gasteiger partial charge < -0.3 is 10.2 Å². The number of Topliss-reactive ketones (excluding diaryl/α,β-unsaturated/α-hetero) is 1. The zero-order valence-electron chi connectivity index (χ0n) is 18.2. The minimum Gasteiger partial charge on any atom is -0.325 e. The van der Waals surface area contributed by atoms with Crippen LogP contribution in [0.2, 0.25) is 0 Å². The maximum Gasteiger partial charge on any atom is 0.247 e. The summed E-state index contributed by atoms with van der Waals surface area (Å²) < 4.78 is 0. The number of amides is 1. The van der Waals surface area contributed by atoms with Crippen molar-refractivity contribution in [2.24, 2.45) is 11.3 Å². The predicted octanol–water partition coefficient (Wildman–Crippen LogP) is 4.13. The summed E-state index contributed by atoms with van der Waals surface area (Å²) in [5.41, 5.74) is 0.314. The first-order chi connectivity index (χ1) is 14.7. The first-order valence-electron chi connectivity index (χ1n) is 10.7. The number of nitrogens with one attached hydrogen (secondary N) is 1. The van der Waals surface area contributed by atoms with Crippen LogP contribution in [-0.4, -0.2) is 28.2 Å². The van der Waals surface area contributed by atoms with E-state index in [0.29, 0.717) is 31.0 Å². The van der Waals surface area contributed by atoms with Gasteiger partial charge in [-0.05, 0) is 50.3 Å². The summed E-state index contributed by atoms with van der Waals surface area (Å²) in [5.74, 6) is 1.41. The van der Waals surface area contributed by atoms with Crippen LogP contribution in [0.15, 0.2) is 36.5 Å². The molecule has 0 bridgehead atoms. The van der Waals surface area contributed by atoms with E-state index >= 15 is 0 Å². The number of aromatic nitrogens is 2. The molecule has 1 saturated heterocycles. The molecule has 3 heterocycles. The molecule has 0 unspecified atom stereocenters. The SMILES string of the molecule is CC(=O)CC(C)(C)c1cccc(Nc2cc(N3CC[C@@](C#N)(C4CC4)C3=O)ccn2)n1. The molecule has 0 radical (unpaired) electrons. The minimum absolute atomic E-state index is 0.0965. The Morgan fingerprint density at radius 3 is 2.77 bits per heavy atom. The average Bonchev–Trinajstić information content (AvgIpc) is 3.52. The molecule has 4 rings (SSSR count). The molecule has 2 fully saturated rings. The quantitative estimate of drug-likeness (QED) is 0.727. The number of hydrogen-bond donors (Lipinski definition) is 1. The van der Waals surface area contributed by atoms with Gasteiger partial charge in [-0.25, -0.2) is 9.97 Å². The van der Waals surface area contributed by atoms with Crippen LogP contribution >= 0.6 is 0 Å². The maximum absolute atomic E-state index is 13.1. The zero-order valence-corrected chi connectivity index (χ0v) is 18.2. The number of carbonyl (C=O) groups excluding carboxylic acids is 2. The van der Waals surface area contributed by atoms with Crippen LogP contribution in [0, 0.1) is 22.7 Å². The molecule has 1 aliphatic heterocycles. The number of pyridine rings is 2. The maximum atomic E-state index is 13.1. The largest absolute Gasteiger partial charge is 0.325 e. The first-order valence-corrected chi connectivity index (χ1v) is 10.7. The number of nitrogens with zero attached hydrogens (tertiary/aromatic N) is 4. The van der Waals surface area contributed by atoms with Crippen molar-refractivity contribution in [3.8, 4) is 6.07 Å². The van der Waals surface area contributed by atoms with E-state index in [-0.39, 0.29) is 23.0 Å². The van der Waals surface area contributed by atoms with Crippen molar-refractivity contribution in [1.82, 2.24) is 9.97 Å². The average molecular weight is 418 g/mol. The van der Waals surface area contributed by atoms with Gasteiger partial charge in [0, 0.05) is 42.0 Å². The van der Waals surface area contributed by atoms with Gasteiger partial charge in [-0.2, -0.15) is 5.26 Å². The van der Waals surface area contributed by atoms with Crippen molar-refractivity contribution in [3.63, 3.8) is 0 Å². The van der Waals surface area contributed by atoms with Crippen LogP contribution in [0.4, 0.5) is 17.3 Å². The number of ketones is 1. The molecule has 7 nitrogen and oxygen atoms in total. The summed E-state index contributed by atoms with van der Waals surface area (Å²) in [6.07, 6.45) is 4.55. The number of nitriles is 1. The van der Waals surface area contributed by atoms with Crippen LogP contribution in [-0.2, 0) is 15.0 Å². The molecule has 2 aromatic heterocycles. The highest BCUT2D eigenvalue weighted by molar-refractivity contribution is 6.02. The lowest BCUT2D eigenvalue weighted by molar-refractivity contribution is -0.124. The molecule has 2 aliphatic rings. The normalized spacial score (nSPS) is 21.1. The van der Waals surface area contributed by atoms with Gasteiger partial charge in [-0.15, -0.1) is 0 Å². The van der Waals surface area contributed by atoms with Crippen LogP contribution in [0.3, 0.4) is 0 Å². The van der Waals surface area contributed by atoms with Crippen molar-refractivity contribution in [1.29, 1.82) is 5.26 Å². The van der Waals surface area contributed by atoms with Gasteiger partial charge in [0.05, 0.1) is 6.07 Å². The molecule has 7 heteroatoms. The lowest BCUT2D eigenvalue weighted by Gasteiger charge is -2.23. The molecule has 31 heavy (non-hydrogen) atoms. The topological polar surface area (TPSA) is 99.0 Å². The molecule has 160 valence electrons. The molecule has 0 aromatic carbocycles. The highest BCUT2D eigenvalue weighted by Gasteiger charge is 2.56. The highest BCUT2D eigenvalue weighted by atomic mass is 16.2. The number of rotatable bonds is 7. The molecule has 1 atom stereocenters. The summed E-state index contributed by atoms with van der Waals surface area (Å²) in [6.45, 7) is 6.13. The van der Waals surface area contributed by atoms with Gasteiger partial charge in [-0.1, -0.05) is 19.9 Å². The summed E-state index contributed by atoms with van der Waals surface area (Å²) in [5, 5.41) is 12.9. The molecule has 1 amide bonds. The van der Waals surface area contributed by atoms with Gasteiger partial charge in [-0.3, -0.25) is 9.59 Å². The predicted molar refractivity (Wildman–Crippen MR) is 118 cm³/mol. The second kappa shape index (κ2) is 7.77. The third kappa shape index (κ3) is 4.02. The summed E-state index contributed by atoms with van der Waals surface area (Å²) in [4.78, 5) is 35.4. The van der Waals surface area contributed by atoms with Crippen molar-refractivity contribution in [2.75, 3.05) is 16.8 Å². The number of carbonyl (C=O) groups is 2. The Balaban J connectivity index is 1.54. The standard InChI is InChI=1S/C24H27N5O2/c1-16(30)14-23(2,3)19-5-4-6-20(27-19)28-21-13-18(9-11-26-21)29-12-10-24(15-25,22(29)31)17-7-8-17/h4-6,9,11,13,17H,7-8,10,12,14H2,1-3H3,(H,26,27,28)/t24-/m1/s1. The lowest BCUT2D eigenvalue weighted by atomic mass is 9.83. The van der Waals surface area contributed by atoms with Gasteiger partial charge in [0.2, 0.25) is 5.91 Å². The fraction of sp³-hybridized carbons (Fsp3) is 0.458. The Morgan fingerprint density at radius 2 is 2.10 bits per heavy atom. The summed E-state index contributed by atoms with van der Waals surface area (Å²) in [7, 11) is 0. The van der Waals surface area contributed by atoms with E-state index in [9.17, 15) is 14.9 Å². The van der Waals surface area contributed by atoms with Crippen LogP contribution in [0.1, 0.15) is 52.1 Å². The van der Waals surface area contributed by atoms with E-state index in [2.05, 4.69) is 21.4 Å². The third-order valence-electron chi connectivity index (χ3n) is 6.28. The molecule has 2 aromatic rings. The number of hydrogen-bond acceptors (Lipinski definition) is 6. The second-order valence-electron chi connectivity index (χ2n) is 9.26. The first kappa shape index (κ1) is 21.0. The van der Waals surface area contributed by atoms with Crippen molar-refractivity contribution in [2.45, 2.75) is 51.9 Å². The Kier molecular flexibility index (Phi) is 5.26. The van der Waals surface area contributed by atoms with Crippen LogP contribution in [0.25, 0.3) is 0 Å². The highest BCUT2D eigenvalue weighted by Crippen LogP contribution is 2.51. The van der Waals surface area contributed by atoms with Crippen molar-refractivity contribution < 1.29 is 9.59 Å². The molecular weight excluding hydrogens is 390 g/mol. The fourth-order valence-corrected chi connectivity index (χ4v) is 4.51. The monoisotopic (exact) mass is 417 g/mol. The fourth-order valence-electron chi connectivity index (χ4n) is 4.51. The van der Waals surface area contributed by atoms with Crippen LogP contribution < -0.4 is 10.2 Å². The van der Waals surface area contributed by atoms with Gasteiger partial charge in [0.1, 0.15) is 22.8 Å². The Morgan fingerprint density at radius 1 is 1.32 bits per heavy atom. The summed E-state index contributed by atoms with van der Waals surface area (Å²) in [6, 6.07) is 11.6. The van der Waals surface area contributed by atoms with Gasteiger partial charge in [0.25, 0.3) is 0 Å². The Hall–Kier alpha value is -3.27. The Bertz CT molecular complexity index is 1070. The molecule has 1 aliphatic carbocycles. The van der Waals surface area contributed by atoms with Crippen LogP contribution in [0.5, 0.6) is 0 Å². The van der Waals surface area contributed by atoms with E-state index in [1.54, 1.807) is 24.1 Å². The number of anilines is 3. The van der Waals surface area contributed by atoms with Crippen molar-refractivity contribution in [3.05, 3.63) is 42.2 Å². The zero-order chi connectivity index (χ0) is 22.2.